The lowest BCUT2D eigenvalue weighted by Gasteiger charge is -2.28. The molecule has 7 rings (SSSR count). The van der Waals surface area contributed by atoms with Crippen molar-refractivity contribution in [1.29, 1.82) is 0 Å². The Labute approximate surface area is 261 Å². The number of hydrogen-bond acceptors (Lipinski definition) is 2. The summed E-state index contributed by atoms with van der Waals surface area (Å²) >= 11 is 0. The van der Waals surface area contributed by atoms with Crippen LogP contribution in [0, 0.1) is 0 Å². The standard InChI is InChI=1S/C40H40BNO2/c1-7-39(3,4)44-41(43-8-2)29-15-13-14-27(24-29)28-20-23-38-34(25-28)32-17-10-12-19-37(32)42(38)30-21-22-36-33(26-30)31-16-9-11-18-35(31)40(36,5)6/h9-26H,7-8H2,1-6H3. The number of benzene rings is 5. The molecule has 0 radical (unpaired) electrons. The molecule has 0 unspecified atom stereocenters. The third kappa shape index (κ3) is 4.69. The molecule has 0 saturated heterocycles. The van der Waals surface area contributed by atoms with Crippen molar-refractivity contribution in [1.82, 2.24) is 4.57 Å². The van der Waals surface area contributed by atoms with E-state index < -0.39 is 7.12 Å². The molecule has 44 heavy (non-hydrogen) atoms. The Balaban J connectivity index is 1.34. The van der Waals surface area contributed by atoms with Crippen LogP contribution in [0.2, 0.25) is 0 Å². The van der Waals surface area contributed by atoms with Crippen LogP contribution in [0.25, 0.3) is 49.7 Å². The normalized spacial score (nSPS) is 13.8. The predicted octanol–water partition coefficient (Wildman–Crippen LogP) is 9.69. The second kappa shape index (κ2) is 10.8. The average molecular weight is 578 g/mol. The van der Waals surface area contributed by atoms with Gasteiger partial charge in [0.2, 0.25) is 0 Å². The Hall–Kier alpha value is -4.12. The lowest BCUT2D eigenvalue weighted by Crippen LogP contribution is -2.43. The van der Waals surface area contributed by atoms with E-state index >= 15 is 0 Å². The van der Waals surface area contributed by atoms with Gasteiger partial charge in [-0.15, -0.1) is 0 Å². The summed E-state index contributed by atoms with van der Waals surface area (Å²) in [7, 11) is -0.407. The lowest BCUT2D eigenvalue weighted by atomic mass is 9.76. The van der Waals surface area contributed by atoms with Crippen molar-refractivity contribution in [2.75, 3.05) is 6.61 Å². The van der Waals surface area contributed by atoms with Crippen LogP contribution in [-0.2, 0) is 14.7 Å². The first-order valence-corrected chi connectivity index (χ1v) is 15.9. The van der Waals surface area contributed by atoms with Crippen molar-refractivity contribution >= 4 is 34.4 Å². The van der Waals surface area contributed by atoms with Gasteiger partial charge >= 0.3 is 7.12 Å². The molecule has 1 heterocycles. The molecule has 3 nitrogen and oxygen atoms in total. The van der Waals surface area contributed by atoms with E-state index in [1.54, 1.807) is 0 Å². The van der Waals surface area contributed by atoms with Gasteiger partial charge < -0.3 is 13.9 Å². The van der Waals surface area contributed by atoms with Crippen molar-refractivity contribution < 1.29 is 9.31 Å². The van der Waals surface area contributed by atoms with Gasteiger partial charge in [-0.25, -0.2) is 0 Å². The third-order valence-electron chi connectivity index (χ3n) is 9.59. The van der Waals surface area contributed by atoms with Gasteiger partial charge in [-0.2, -0.15) is 0 Å². The Morgan fingerprint density at radius 2 is 1.41 bits per heavy atom. The number of rotatable bonds is 8. The summed E-state index contributed by atoms with van der Waals surface area (Å²) in [4.78, 5) is 0. The van der Waals surface area contributed by atoms with E-state index in [2.05, 4.69) is 148 Å². The number of fused-ring (bicyclic) bond motifs is 6. The zero-order valence-corrected chi connectivity index (χ0v) is 26.6. The number of para-hydroxylation sites is 1. The molecule has 1 aliphatic carbocycles. The fourth-order valence-electron chi connectivity index (χ4n) is 6.87. The van der Waals surface area contributed by atoms with Crippen LogP contribution in [-0.4, -0.2) is 23.9 Å². The summed E-state index contributed by atoms with van der Waals surface area (Å²) in [5.74, 6) is 0. The highest BCUT2D eigenvalue weighted by molar-refractivity contribution is 6.61. The fraction of sp³-hybridized carbons (Fsp3) is 0.250. The summed E-state index contributed by atoms with van der Waals surface area (Å²) < 4.78 is 14.9. The van der Waals surface area contributed by atoms with E-state index in [0.29, 0.717) is 6.61 Å². The smallest absolute Gasteiger partial charge is 0.408 e. The van der Waals surface area contributed by atoms with Crippen LogP contribution < -0.4 is 5.46 Å². The molecule has 1 aromatic heterocycles. The molecule has 0 saturated carbocycles. The molecule has 0 amide bonds. The molecule has 6 aromatic rings. The average Bonchev–Trinajstić information content (AvgIpc) is 3.49. The molecule has 0 spiro atoms. The summed E-state index contributed by atoms with van der Waals surface area (Å²) in [5.41, 5.74) is 12.2. The molecular weight excluding hydrogens is 537 g/mol. The first-order chi connectivity index (χ1) is 21.2. The number of nitrogens with zero attached hydrogens (tertiary/aromatic N) is 1. The molecule has 0 fully saturated rings. The van der Waals surface area contributed by atoms with Gasteiger partial charge in [-0.1, -0.05) is 99.6 Å². The topological polar surface area (TPSA) is 23.4 Å². The zero-order valence-electron chi connectivity index (χ0n) is 26.6. The maximum Gasteiger partial charge on any atom is 0.494 e. The monoisotopic (exact) mass is 577 g/mol. The fourth-order valence-corrected chi connectivity index (χ4v) is 6.87. The Morgan fingerprint density at radius 1 is 0.682 bits per heavy atom. The highest BCUT2D eigenvalue weighted by atomic mass is 16.6. The van der Waals surface area contributed by atoms with Crippen molar-refractivity contribution in [3.8, 4) is 27.9 Å². The van der Waals surface area contributed by atoms with Gasteiger partial charge in [-0.05, 0) is 96.4 Å². The highest BCUT2D eigenvalue weighted by Crippen LogP contribution is 2.49. The van der Waals surface area contributed by atoms with Gasteiger partial charge in [0.1, 0.15) is 0 Å². The Kier molecular flexibility index (Phi) is 7.03. The van der Waals surface area contributed by atoms with Crippen LogP contribution in [0.3, 0.4) is 0 Å². The summed E-state index contributed by atoms with van der Waals surface area (Å²) in [5, 5.41) is 2.50. The zero-order chi connectivity index (χ0) is 30.6. The SMILES string of the molecule is CCOB(OC(C)(C)CC)c1cccc(-c2ccc3c(c2)c2ccccc2n3-c2ccc3c(c2)-c2ccccc2C3(C)C)c1. The molecule has 4 heteroatoms. The third-order valence-corrected chi connectivity index (χ3v) is 9.59. The number of aromatic nitrogens is 1. The summed E-state index contributed by atoms with van der Waals surface area (Å²) in [6.07, 6.45) is 0.908. The second-order valence-corrected chi connectivity index (χ2v) is 13.1. The molecule has 1 aliphatic rings. The predicted molar refractivity (Wildman–Crippen MR) is 186 cm³/mol. The van der Waals surface area contributed by atoms with Crippen LogP contribution in [0.5, 0.6) is 0 Å². The van der Waals surface area contributed by atoms with Gasteiger partial charge in [-0.3, -0.25) is 0 Å². The number of hydrogen-bond donors (Lipinski definition) is 0. The second-order valence-electron chi connectivity index (χ2n) is 13.1. The maximum atomic E-state index is 6.43. The largest absolute Gasteiger partial charge is 0.494 e. The van der Waals surface area contributed by atoms with Crippen LogP contribution in [0.4, 0.5) is 0 Å². The lowest BCUT2D eigenvalue weighted by molar-refractivity contribution is 0.0706. The van der Waals surface area contributed by atoms with Gasteiger partial charge in [0.25, 0.3) is 0 Å². The van der Waals surface area contributed by atoms with Gasteiger partial charge in [0.15, 0.2) is 0 Å². The van der Waals surface area contributed by atoms with E-state index in [1.807, 2.05) is 6.92 Å². The van der Waals surface area contributed by atoms with E-state index in [4.69, 9.17) is 9.31 Å². The maximum absolute atomic E-state index is 6.43. The van der Waals surface area contributed by atoms with Gasteiger partial charge in [0.05, 0.1) is 11.0 Å². The van der Waals surface area contributed by atoms with Crippen molar-refractivity contribution in [3.05, 3.63) is 120 Å². The van der Waals surface area contributed by atoms with Crippen LogP contribution in [0.1, 0.15) is 59.1 Å². The minimum Gasteiger partial charge on any atom is -0.408 e. The summed E-state index contributed by atoms with van der Waals surface area (Å²) in [6.45, 7) is 13.7. The van der Waals surface area contributed by atoms with Crippen molar-refractivity contribution in [2.24, 2.45) is 0 Å². The Bertz CT molecular complexity index is 2020. The van der Waals surface area contributed by atoms with E-state index in [9.17, 15) is 0 Å². The highest BCUT2D eigenvalue weighted by Gasteiger charge is 2.35. The van der Waals surface area contributed by atoms with Crippen molar-refractivity contribution in [2.45, 2.75) is 59.0 Å². The molecule has 0 atom stereocenters. The molecule has 0 N–H and O–H groups in total. The van der Waals surface area contributed by atoms with Crippen LogP contribution in [0.15, 0.2) is 109 Å². The van der Waals surface area contributed by atoms with Crippen LogP contribution >= 0.6 is 0 Å². The molecule has 0 aliphatic heterocycles. The van der Waals surface area contributed by atoms with E-state index in [1.165, 1.54) is 55.3 Å². The molecular formula is C40H40BNO2. The Morgan fingerprint density at radius 3 is 2.23 bits per heavy atom. The van der Waals surface area contributed by atoms with Crippen molar-refractivity contribution in [3.63, 3.8) is 0 Å². The van der Waals surface area contributed by atoms with E-state index in [0.717, 1.165) is 17.4 Å². The first-order valence-electron chi connectivity index (χ1n) is 15.9. The molecule has 5 aromatic carbocycles. The summed E-state index contributed by atoms with van der Waals surface area (Å²) in [6, 6.07) is 40.1. The van der Waals surface area contributed by atoms with Gasteiger partial charge in [0, 0.05) is 34.1 Å². The molecule has 220 valence electrons. The van der Waals surface area contributed by atoms with E-state index in [-0.39, 0.29) is 11.0 Å². The first kappa shape index (κ1) is 28.6. The minimum absolute atomic E-state index is 0.00672. The molecule has 0 bridgehead atoms. The minimum atomic E-state index is -0.407. The quantitative estimate of drug-likeness (QED) is 0.168.